The third-order valence-corrected chi connectivity index (χ3v) is 5.08. The summed E-state index contributed by atoms with van der Waals surface area (Å²) in [5.74, 6) is -0.792. The van der Waals surface area contributed by atoms with E-state index in [1.807, 2.05) is 0 Å². The van der Waals surface area contributed by atoms with E-state index in [0.29, 0.717) is 17.3 Å². The van der Waals surface area contributed by atoms with Crippen LogP contribution in [0.3, 0.4) is 0 Å². The van der Waals surface area contributed by atoms with Crippen LogP contribution in [-0.2, 0) is 21.0 Å². The van der Waals surface area contributed by atoms with E-state index in [-0.39, 0.29) is 5.69 Å². The molecule has 0 heterocycles. The van der Waals surface area contributed by atoms with Crippen LogP contribution in [0.15, 0.2) is 42.5 Å². The third kappa shape index (κ3) is 5.36. The number of benzene rings is 2. The first-order valence-corrected chi connectivity index (χ1v) is 9.82. The average molecular weight is 421 g/mol. The molecule has 1 amide bonds. The summed E-state index contributed by atoms with van der Waals surface area (Å²) in [7, 11) is -3.79. The minimum absolute atomic E-state index is 0.144. The van der Waals surface area contributed by atoms with Crippen molar-refractivity contribution in [2.24, 2.45) is 0 Å². The lowest BCUT2D eigenvalue weighted by Gasteiger charge is -2.23. The predicted molar refractivity (Wildman–Crippen MR) is 98.5 cm³/mol. The van der Waals surface area contributed by atoms with Gasteiger partial charge in [-0.25, -0.2) is 8.42 Å². The van der Waals surface area contributed by atoms with Gasteiger partial charge >= 0.3 is 6.18 Å². The molecule has 2 aromatic rings. The Hall–Kier alpha value is -2.26. The summed E-state index contributed by atoms with van der Waals surface area (Å²) in [4.78, 5) is 12.3. The van der Waals surface area contributed by atoms with Crippen molar-refractivity contribution in [3.8, 4) is 0 Å². The molecule has 146 valence electrons. The fourth-order valence-electron chi connectivity index (χ4n) is 2.38. The van der Waals surface area contributed by atoms with Gasteiger partial charge in [-0.1, -0.05) is 29.8 Å². The zero-order valence-electron chi connectivity index (χ0n) is 14.3. The monoisotopic (exact) mass is 420 g/mol. The molecule has 2 aromatic carbocycles. The van der Waals surface area contributed by atoms with Gasteiger partial charge in [-0.15, -0.1) is 0 Å². The number of hydrogen-bond acceptors (Lipinski definition) is 3. The van der Waals surface area contributed by atoms with E-state index in [4.69, 9.17) is 11.6 Å². The Bertz CT molecular complexity index is 962. The van der Waals surface area contributed by atoms with Crippen molar-refractivity contribution in [2.45, 2.75) is 13.1 Å². The number of alkyl halides is 3. The van der Waals surface area contributed by atoms with Crippen LogP contribution in [0.4, 0.5) is 24.5 Å². The van der Waals surface area contributed by atoms with Crippen LogP contribution >= 0.6 is 11.6 Å². The minimum atomic E-state index is -4.68. The van der Waals surface area contributed by atoms with Crippen molar-refractivity contribution in [1.82, 2.24) is 0 Å². The van der Waals surface area contributed by atoms with Crippen molar-refractivity contribution in [3.05, 3.63) is 58.6 Å². The first kappa shape index (κ1) is 21.0. The lowest BCUT2D eigenvalue weighted by Crippen LogP contribution is -2.37. The number of rotatable bonds is 5. The normalized spacial score (nSPS) is 11.9. The molecular weight excluding hydrogens is 405 g/mol. The number of halogens is 4. The van der Waals surface area contributed by atoms with Crippen molar-refractivity contribution < 1.29 is 26.4 Å². The van der Waals surface area contributed by atoms with Crippen LogP contribution in [0.2, 0.25) is 5.02 Å². The van der Waals surface area contributed by atoms with E-state index < -0.39 is 39.2 Å². The minimum Gasteiger partial charge on any atom is -0.324 e. The SMILES string of the molecule is Cc1ccccc1N(CC(=O)Nc1ccc(Cl)c(C(F)(F)F)c1)S(C)(=O)=O. The van der Waals surface area contributed by atoms with E-state index in [9.17, 15) is 26.4 Å². The number of amides is 1. The van der Waals surface area contributed by atoms with Gasteiger partial charge in [-0.2, -0.15) is 13.2 Å². The molecule has 10 heteroatoms. The molecule has 2 rings (SSSR count). The van der Waals surface area contributed by atoms with Crippen LogP contribution in [0.5, 0.6) is 0 Å². The van der Waals surface area contributed by atoms with Gasteiger partial charge in [-0.05, 0) is 36.8 Å². The van der Waals surface area contributed by atoms with Gasteiger partial charge in [0.2, 0.25) is 15.9 Å². The molecule has 1 N–H and O–H groups in total. The zero-order chi connectivity index (χ0) is 20.4. The number of carbonyl (C=O) groups is 1. The number of hydrogen-bond donors (Lipinski definition) is 1. The average Bonchev–Trinajstić information content (AvgIpc) is 2.53. The lowest BCUT2D eigenvalue weighted by molar-refractivity contribution is -0.137. The van der Waals surface area contributed by atoms with Crippen LogP contribution in [0.25, 0.3) is 0 Å². The smallest absolute Gasteiger partial charge is 0.324 e. The summed E-state index contributed by atoms with van der Waals surface area (Å²) in [5, 5.41) is 1.77. The molecule has 0 saturated carbocycles. The van der Waals surface area contributed by atoms with E-state index in [1.54, 1.807) is 25.1 Å². The van der Waals surface area contributed by atoms with E-state index in [0.717, 1.165) is 16.6 Å². The van der Waals surface area contributed by atoms with Gasteiger partial charge in [-0.3, -0.25) is 9.10 Å². The second-order valence-corrected chi connectivity index (χ2v) is 8.11. The highest BCUT2D eigenvalue weighted by atomic mass is 35.5. The predicted octanol–water partition coefficient (Wildman–Crippen LogP) is 4.07. The molecule has 5 nitrogen and oxygen atoms in total. The van der Waals surface area contributed by atoms with Gasteiger partial charge in [0.25, 0.3) is 0 Å². The highest BCUT2D eigenvalue weighted by Crippen LogP contribution is 2.36. The molecule has 0 radical (unpaired) electrons. The number of anilines is 2. The first-order chi connectivity index (χ1) is 12.4. The molecular formula is C17H16ClF3N2O3S. The highest BCUT2D eigenvalue weighted by Gasteiger charge is 2.33. The molecule has 0 aliphatic heterocycles. The van der Waals surface area contributed by atoms with E-state index in [1.165, 1.54) is 12.1 Å². The molecule has 0 spiro atoms. The largest absolute Gasteiger partial charge is 0.417 e. The molecule has 0 bridgehead atoms. The molecule has 0 fully saturated rings. The number of sulfonamides is 1. The summed E-state index contributed by atoms with van der Waals surface area (Å²) in [6, 6.07) is 9.45. The highest BCUT2D eigenvalue weighted by molar-refractivity contribution is 7.92. The van der Waals surface area contributed by atoms with Gasteiger partial charge in [0.15, 0.2) is 0 Å². The Labute approximate surface area is 159 Å². The summed E-state index contributed by atoms with van der Waals surface area (Å²) < 4.78 is 63.8. The van der Waals surface area contributed by atoms with Crippen LogP contribution in [0.1, 0.15) is 11.1 Å². The number of nitrogens with one attached hydrogen (secondary N) is 1. The van der Waals surface area contributed by atoms with Gasteiger partial charge in [0.05, 0.1) is 22.5 Å². The maximum absolute atomic E-state index is 12.9. The Balaban J connectivity index is 2.26. The fourth-order valence-corrected chi connectivity index (χ4v) is 3.51. The quantitative estimate of drug-likeness (QED) is 0.792. The second-order valence-electron chi connectivity index (χ2n) is 5.80. The van der Waals surface area contributed by atoms with Crippen molar-refractivity contribution in [2.75, 3.05) is 22.4 Å². The standard InChI is InChI=1S/C17H16ClF3N2O3S/c1-11-5-3-4-6-15(11)23(27(2,25)26)10-16(24)22-12-7-8-14(18)13(9-12)17(19,20)21/h3-9H,10H2,1-2H3,(H,22,24). The molecule has 0 aliphatic rings. The number of para-hydroxylation sites is 1. The summed E-state index contributed by atoms with van der Waals surface area (Å²) in [6.07, 6.45) is -3.74. The van der Waals surface area contributed by atoms with Crippen LogP contribution < -0.4 is 9.62 Å². The first-order valence-electron chi connectivity index (χ1n) is 7.59. The van der Waals surface area contributed by atoms with Crippen LogP contribution in [-0.4, -0.2) is 27.1 Å². The maximum atomic E-state index is 12.9. The van der Waals surface area contributed by atoms with Crippen LogP contribution in [0, 0.1) is 6.92 Å². The molecule has 27 heavy (non-hydrogen) atoms. The van der Waals surface area contributed by atoms with E-state index in [2.05, 4.69) is 5.32 Å². The Morgan fingerprint density at radius 1 is 1.19 bits per heavy atom. The summed E-state index contributed by atoms with van der Waals surface area (Å²) in [6.45, 7) is 1.09. The topological polar surface area (TPSA) is 66.5 Å². The number of carbonyl (C=O) groups excluding carboxylic acids is 1. The molecule has 0 saturated heterocycles. The molecule has 0 unspecified atom stereocenters. The molecule has 0 aliphatic carbocycles. The van der Waals surface area contributed by atoms with Crippen molar-refractivity contribution in [3.63, 3.8) is 0 Å². The number of aryl methyl sites for hydroxylation is 1. The zero-order valence-corrected chi connectivity index (χ0v) is 15.9. The van der Waals surface area contributed by atoms with Crippen molar-refractivity contribution >= 4 is 38.9 Å². The van der Waals surface area contributed by atoms with Gasteiger partial charge < -0.3 is 5.32 Å². The summed E-state index contributed by atoms with van der Waals surface area (Å²) in [5.41, 5.74) is -0.306. The Morgan fingerprint density at radius 3 is 2.37 bits per heavy atom. The molecule has 0 aromatic heterocycles. The fraction of sp³-hybridized carbons (Fsp3) is 0.235. The second kappa shape index (κ2) is 7.77. The third-order valence-electron chi connectivity index (χ3n) is 3.63. The number of nitrogens with zero attached hydrogens (tertiary/aromatic N) is 1. The van der Waals surface area contributed by atoms with E-state index >= 15 is 0 Å². The Morgan fingerprint density at radius 2 is 1.81 bits per heavy atom. The molecule has 0 atom stereocenters. The van der Waals surface area contributed by atoms with Gasteiger partial charge in [0, 0.05) is 5.69 Å². The summed E-state index contributed by atoms with van der Waals surface area (Å²) >= 11 is 5.54. The maximum Gasteiger partial charge on any atom is 0.417 e. The van der Waals surface area contributed by atoms with Gasteiger partial charge in [0.1, 0.15) is 6.54 Å². The Kier molecular flexibility index (Phi) is 6.06. The lowest BCUT2D eigenvalue weighted by atomic mass is 10.2. The van der Waals surface area contributed by atoms with Crippen molar-refractivity contribution in [1.29, 1.82) is 0 Å².